The Labute approximate surface area is 124 Å². The van der Waals surface area contributed by atoms with Crippen LogP contribution >= 0.6 is 0 Å². The summed E-state index contributed by atoms with van der Waals surface area (Å²) in [6, 6.07) is 0. The number of rotatable bonds is 10. The number of sulfonamides is 1. The van der Waals surface area contributed by atoms with Gasteiger partial charge in [0.1, 0.15) is 11.4 Å². The zero-order valence-electron chi connectivity index (χ0n) is 12.3. The molecular formula is C12H22N4O4S. The van der Waals surface area contributed by atoms with Gasteiger partial charge in [0, 0.05) is 12.7 Å². The second kappa shape index (κ2) is 8.11. The van der Waals surface area contributed by atoms with Crippen molar-refractivity contribution in [2.45, 2.75) is 31.7 Å². The fourth-order valence-corrected chi connectivity index (χ4v) is 2.87. The average Bonchev–Trinajstić information content (AvgIpc) is 2.87. The van der Waals surface area contributed by atoms with E-state index in [-0.39, 0.29) is 11.4 Å². The number of hydrogen-bond acceptors (Lipinski definition) is 5. The molecule has 21 heavy (non-hydrogen) atoms. The van der Waals surface area contributed by atoms with E-state index in [1.807, 2.05) is 0 Å². The first-order chi connectivity index (χ1) is 9.89. The van der Waals surface area contributed by atoms with Crippen molar-refractivity contribution in [3.05, 3.63) is 12.4 Å². The molecule has 0 aromatic carbocycles. The molecule has 1 rings (SSSR count). The van der Waals surface area contributed by atoms with Crippen LogP contribution in [0.3, 0.4) is 0 Å². The van der Waals surface area contributed by atoms with Crippen LogP contribution in [0.25, 0.3) is 0 Å². The molecule has 2 N–H and O–H groups in total. The molecular weight excluding hydrogens is 296 g/mol. The van der Waals surface area contributed by atoms with Crippen molar-refractivity contribution in [2.24, 2.45) is 0 Å². The highest BCUT2D eigenvalue weighted by Crippen LogP contribution is 2.06. The Kier molecular flexibility index (Phi) is 6.79. The normalized spacial score (nSPS) is 12.0. The zero-order valence-corrected chi connectivity index (χ0v) is 13.1. The van der Waals surface area contributed by atoms with Crippen LogP contribution in [0.2, 0.25) is 0 Å². The summed E-state index contributed by atoms with van der Waals surface area (Å²) in [5.41, 5.74) is 0. The van der Waals surface area contributed by atoms with Gasteiger partial charge in [0.15, 0.2) is 0 Å². The van der Waals surface area contributed by atoms with Crippen LogP contribution in [0, 0.1) is 0 Å². The third-order valence-electron chi connectivity index (χ3n) is 3.05. The largest absolute Gasteiger partial charge is 0.480 e. The smallest absolute Gasteiger partial charge is 0.325 e. The Morgan fingerprint density at radius 3 is 2.67 bits per heavy atom. The van der Waals surface area contributed by atoms with Crippen LogP contribution in [-0.4, -0.2) is 60.4 Å². The number of hydrogen-bond donors (Lipinski definition) is 2. The molecule has 0 aliphatic rings. The van der Waals surface area contributed by atoms with E-state index in [9.17, 15) is 13.2 Å². The lowest BCUT2D eigenvalue weighted by atomic mass is 10.4. The van der Waals surface area contributed by atoms with Gasteiger partial charge in [0.05, 0.1) is 6.20 Å². The molecule has 0 saturated carbocycles. The van der Waals surface area contributed by atoms with Gasteiger partial charge in [-0.1, -0.05) is 13.8 Å². The van der Waals surface area contributed by atoms with Gasteiger partial charge < -0.3 is 10.0 Å². The number of carboxylic acids is 1. The molecule has 8 nitrogen and oxygen atoms in total. The van der Waals surface area contributed by atoms with E-state index < -0.39 is 16.0 Å². The van der Waals surface area contributed by atoms with Gasteiger partial charge in [-0.3, -0.25) is 9.48 Å². The van der Waals surface area contributed by atoms with Gasteiger partial charge in [-0.15, -0.1) is 0 Å². The van der Waals surface area contributed by atoms with E-state index in [4.69, 9.17) is 5.11 Å². The molecule has 0 aliphatic carbocycles. The van der Waals surface area contributed by atoms with E-state index in [0.717, 1.165) is 30.5 Å². The summed E-state index contributed by atoms with van der Waals surface area (Å²) in [5.74, 6) is -1.07. The van der Waals surface area contributed by atoms with Crippen LogP contribution < -0.4 is 4.72 Å². The molecule has 0 aliphatic heterocycles. The topological polar surface area (TPSA) is 105 Å². The van der Waals surface area contributed by atoms with Crippen LogP contribution in [-0.2, 0) is 21.4 Å². The van der Waals surface area contributed by atoms with E-state index in [1.54, 1.807) is 0 Å². The summed E-state index contributed by atoms with van der Waals surface area (Å²) in [7, 11) is -3.63. The monoisotopic (exact) mass is 318 g/mol. The number of aromatic nitrogens is 2. The lowest BCUT2D eigenvalue weighted by molar-refractivity contribution is -0.137. The number of carbonyl (C=O) groups is 1. The Bertz CT molecular complexity index is 551. The number of aliphatic carboxylic acids is 1. The van der Waals surface area contributed by atoms with Crippen LogP contribution in [0.1, 0.15) is 20.3 Å². The lowest BCUT2D eigenvalue weighted by Gasteiger charge is -2.17. The van der Waals surface area contributed by atoms with Crippen LogP contribution in [0.15, 0.2) is 17.3 Å². The lowest BCUT2D eigenvalue weighted by Crippen LogP contribution is -2.29. The second-order valence-electron chi connectivity index (χ2n) is 4.55. The van der Waals surface area contributed by atoms with Gasteiger partial charge >= 0.3 is 5.97 Å². The first kappa shape index (κ1) is 17.6. The highest BCUT2D eigenvalue weighted by atomic mass is 32.2. The zero-order chi connectivity index (χ0) is 15.9. The molecule has 120 valence electrons. The predicted molar refractivity (Wildman–Crippen MR) is 77.5 cm³/mol. The minimum atomic E-state index is -3.63. The van der Waals surface area contributed by atoms with Crippen molar-refractivity contribution in [2.75, 3.05) is 26.2 Å². The Hall–Kier alpha value is -1.45. The van der Waals surface area contributed by atoms with Gasteiger partial charge in [0.25, 0.3) is 0 Å². The fourth-order valence-electron chi connectivity index (χ4n) is 1.84. The van der Waals surface area contributed by atoms with Crippen molar-refractivity contribution >= 4 is 16.0 Å². The summed E-state index contributed by atoms with van der Waals surface area (Å²) in [4.78, 5) is 12.7. The van der Waals surface area contributed by atoms with Crippen molar-refractivity contribution in [1.82, 2.24) is 19.4 Å². The molecule has 0 radical (unpaired) electrons. The number of nitrogens with zero attached hydrogens (tertiary/aromatic N) is 3. The predicted octanol–water partition coefficient (Wildman–Crippen LogP) is -0.0221. The molecule has 0 unspecified atom stereocenters. The second-order valence-corrected chi connectivity index (χ2v) is 6.31. The van der Waals surface area contributed by atoms with Crippen LogP contribution in [0.4, 0.5) is 0 Å². The molecule has 1 aromatic heterocycles. The number of carboxylic acid groups (broad SMARTS) is 1. The molecule has 0 atom stereocenters. The SMILES string of the molecule is CCN(CC)CCCNS(=O)(=O)c1cnn(CC(=O)O)c1. The molecule has 0 fully saturated rings. The Morgan fingerprint density at radius 1 is 1.43 bits per heavy atom. The maximum atomic E-state index is 12.0. The van der Waals surface area contributed by atoms with Crippen molar-refractivity contribution in [3.8, 4) is 0 Å². The van der Waals surface area contributed by atoms with E-state index >= 15 is 0 Å². The maximum Gasteiger partial charge on any atom is 0.325 e. The number of nitrogens with one attached hydrogen (secondary N) is 1. The summed E-state index contributed by atoms with van der Waals surface area (Å²) in [5, 5.41) is 12.3. The van der Waals surface area contributed by atoms with Gasteiger partial charge in [0.2, 0.25) is 10.0 Å². The van der Waals surface area contributed by atoms with Crippen LogP contribution in [0.5, 0.6) is 0 Å². The third kappa shape index (κ3) is 5.82. The van der Waals surface area contributed by atoms with Crippen molar-refractivity contribution in [3.63, 3.8) is 0 Å². The minimum absolute atomic E-state index is 0.0217. The molecule has 0 amide bonds. The highest BCUT2D eigenvalue weighted by molar-refractivity contribution is 7.89. The quantitative estimate of drug-likeness (QED) is 0.587. The maximum absolute atomic E-state index is 12.0. The first-order valence-corrected chi connectivity index (χ1v) is 8.33. The summed E-state index contributed by atoms with van der Waals surface area (Å²) in [6.45, 7) is 6.79. The Balaban J connectivity index is 2.50. The fraction of sp³-hybridized carbons (Fsp3) is 0.667. The summed E-state index contributed by atoms with van der Waals surface area (Å²) < 4.78 is 27.5. The molecule has 1 heterocycles. The molecule has 0 bridgehead atoms. The summed E-state index contributed by atoms with van der Waals surface area (Å²) in [6.07, 6.45) is 3.07. The Morgan fingerprint density at radius 2 is 2.10 bits per heavy atom. The molecule has 0 saturated heterocycles. The van der Waals surface area contributed by atoms with E-state index in [1.165, 1.54) is 6.20 Å². The highest BCUT2D eigenvalue weighted by Gasteiger charge is 2.16. The van der Waals surface area contributed by atoms with Crippen molar-refractivity contribution in [1.29, 1.82) is 0 Å². The first-order valence-electron chi connectivity index (χ1n) is 6.85. The molecule has 0 spiro atoms. The van der Waals surface area contributed by atoms with Crippen molar-refractivity contribution < 1.29 is 18.3 Å². The third-order valence-corrected chi connectivity index (χ3v) is 4.47. The summed E-state index contributed by atoms with van der Waals surface area (Å²) >= 11 is 0. The molecule has 1 aromatic rings. The minimum Gasteiger partial charge on any atom is -0.480 e. The molecule has 9 heteroatoms. The standard InChI is InChI=1S/C12H22N4O4S/c1-3-15(4-2)7-5-6-14-21(19,20)11-8-13-16(9-11)10-12(17)18/h8-9,14H,3-7,10H2,1-2H3,(H,17,18). The average molecular weight is 318 g/mol. The van der Waals surface area contributed by atoms with Gasteiger partial charge in [-0.2, -0.15) is 5.10 Å². The van der Waals surface area contributed by atoms with Gasteiger partial charge in [-0.25, -0.2) is 13.1 Å². The van der Waals surface area contributed by atoms with E-state index in [0.29, 0.717) is 13.0 Å². The van der Waals surface area contributed by atoms with E-state index in [2.05, 4.69) is 28.6 Å². The van der Waals surface area contributed by atoms with Gasteiger partial charge in [-0.05, 0) is 26.1 Å².